The van der Waals surface area contributed by atoms with Crippen molar-refractivity contribution >= 4 is 17.3 Å². The highest BCUT2D eigenvalue weighted by Crippen LogP contribution is 2.28. The predicted octanol–water partition coefficient (Wildman–Crippen LogP) is 1.14. The summed E-state index contributed by atoms with van der Waals surface area (Å²) in [6.45, 7) is 1.02. The normalized spacial score (nSPS) is 16.0. The summed E-state index contributed by atoms with van der Waals surface area (Å²) in [5.74, 6) is -1.31. The van der Waals surface area contributed by atoms with Gasteiger partial charge in [-0.2, -0.15) is 0 Å². The number of nitrogens with one attached hydrogen (secondary N) is 1. The number of hydrogen-bond donors (Lipinski definition) is 2. The molecule has 1 fully saturated rings. The van der Waals surface area contributed by atoms with Crippen LogP contribution in [0.2, 0.25) is 0 Å². The number of carbonyl (C=O) groups is 1. The van der Waals surface area contributed by atoms with Crippen LogP contribution >= 0.6 is 0 Å². The molecule has 1 aliphatic rings. The number of anilines is 1. The van der Waals surface area contributed by atoms with Gasteiger partial charge in [-0.15, -0.1) is 0 Å². The molecule has 8 heteroatoms. The molecule has 0 unspecified atom stereocenters. The Bertz CT molecular complexity index is 571. The highest BCUT2D eigenvalue weighted by atomic mass is 19.1. The largest absolute Gasteiger partial charge is 0.393 e. The van der Waals surface area contributed by atoms with E-state index in [0.29, 0.717) is 19.1 Å². The van der Waals surface area contributed by atoms with Crippen molar-refractivity contribution in [3.05, 3.63) is 33.6 Å². The summed E-state index contributed by atoms with van der Waals surface area (Å²) in [5, 5.41) is 14.0. The number of nitrogens with two attached hydrogens (primary N) is 1. The predicted molar refractivity (Wildman–Crippen MR) is 75.5 cm³/mol. The highest BCUT2D eigenvalue weighted by molar-refractivity contribution is 6.01. The summed E-state index contributed by atoms with van der Waals surface area (Å²) in [6.07, 6.45) is 1.55. The smallest absolute Gasteiger partial charge is 0.295 e. The van der Waals surface area contributed by atoms with E-state index < -0.39 is 22.3 Å². The van der Waals surface area contributed by atoms with Crippen molar-refractivity contribution in [2.45, 2.75) is 18.9 Å². The van der Waals surface area contributed by atoms with Crippen LogP contribution in [0.1, 0.15) is 23.2 Å². The molecule has 1 aromatic carbocycles. The summed E-state index contributed by atoms with van der Waals surface area (Å²) in [6, 6.07) is 2.02. The number of benzene rings is 1. The number of piperidine rings is 1. The Kier molecular flexibility index (Phi) is 4.37. The maximum atomic E-state index is 13.5. The fourth-order valence-corrected chi connectivity index (χ4v) is 2.47. The van der Waals surface area contributed by atoms with Gasteiger partial charge in [0.05, 0.1) is 16.6 Å². The van der Waals surface area contributed by atoms with Gasteiger partial charge >= 0.3 is 0 Å². The monoisotopic (exact) mass is 296 g/mol. The molecule has 2 rings (SSSR count). The molecule has 0 bridgehead atoms. The van der Waals surface area contributed by atoms with Gasteiger partial charge in [-0.3, -0.25) is 14.9 Å². The summed E-state index contributed by atoms with van der Waals surface area (Å²) < 4.78 is 13.5. The number of halogens is 1. The average Bonchev–Trinajstić information content (AvgIpc) is 2.48. The van der Waals surface area contributed by atoms with Crippen LogP contribution in [0.5, 0.6) is 0 Å². The van der Waals surface area contributed by atoms with Gasteiger partial charge in [-0.05, 0) is 26.0 Å². The van der Waals surface area contributed by atoms with Crippen molar-refractivity contribution in [3.63, 3.8) is 0 Å². The Morgan fingerprint density at radius 3 is 2.62 bits per heavy atom. The molecular weight excluding hydrogens is 279 g/mol. The lowest BCUT2D eigenvalue weighted by Crippen LogP contribution is -2.44. The Morgan fingerprint density at radius 2 is 2.10 bits per heavy atom. The molecule has 7 nitrogen and oxygen atoms in total. The van der Waals surface area contributed by atoms with Gasteiger partial charge in [0.25, 0.3) is 11.6 Å². The van der Waals surface area contributed by atoms with Crippen LogP contribution in [0.25, 0.3) is 0 Å². The van der Waals surface area contributed by atoms with Crippen LogP contribution in [0.4, 0.5) is 15.8 Å². The zero-order valence-corrected chi connectivity index (χ0v) is 11.6. The first-order chi connectivity index (χ1) is 9.93. The average molecular weight is 296 g/mol. The Labute approximate surface area is 121 Å². The number of likely N-dealkylation sites (tertiary alicyclic amines) is 1. The number of carbonyl (C=O) groups excluding carboxylic acids is 1. The van der Waals surface area contributed by atoms with E-state index >= 15 is 0 Å². The van der Waals surface area contributed by atoms with Crippen molar-refractivity contribution in [3.8, 4) is 0 Å². The molecule has 1 aromatic rings. The van der Waals surface area contributed by atoms with Gasteiger partial charge in [0.2, 0.25) is 0 Å². The Hall–Kier alpha value is -2.22. The molecular formula is C13H17FN4O3. The lowest BCUT2D eigenvalue weighted by atomic mass is 10.0. The molecule has 21 heavy (non-hydrogen) atoms. The van der Waals surface area contributed by atoms with Crippen molar-refractivity contribution in [1.29, 1.82) is 0 Å². The molecule has 0 aliphatic carbocycles. The summed E-state index contributed by atoms with van der Waals surface area (Å²) in [7, 11) is 1.86. The summed E-state index contributed by atoms with van der Waals surface area (Å²) in [5.41, 5.74) is 4.63. The minimum Gasteiger partial charge on any atom is -0.393 e. The van der Waals surface area contributed by atoms with Crippen molar-refractivity contribution in [2.75, 3.05) is 25.9 Å². The van der Waals surface area contributed by atoms with Gasteiger partial charge in [0, 0.05) is 19.1 Å². The fourth-order valence-electron chi connectivity index (χ4n) is 2.47. The van der Waals surface area contributed by atoms with E-state index in [-0.39, 0.29) is 11.3 Å². The quantitative estimate of drug-likeness (QED) is 0.495. The number of nitro benzene ring substituents is 1. The molecule has 0 atom stereocenters. The second-order valence-corrected chi connectivity index (χ2v) is 5.00. The summed E-state index contributed by atoms with van der Waals surface area (Å²) >= 11 is 0. The molecule has 1 amide bonds. The third-order valence-electron chi connectivity index (χ3n) is 3.74. The number of nitrogens with zero attached hydrogens (tertiary/aromatic N) is 2. The molecule has 3 N–H and O–H groups in total. The van der Waals surface area contributed by atoms with E-state index in [1.807, 2.05) is 7.05 Å². The fraction of sp³-hybridized carbons (Fsp3) is 0.462. The molecule has 0 saturated carbocycles. The molecule has 1 aliphatic heterocycles. The first-order valence-corrected chi connectivity index (χ1v) is 6.64. The lowest BCUT2D eigenvalue weighted by Gasteiger charge is -2.32. The van der Waals surface area contributed by atoms with E-state index in [2.05, 4.69) is 5.32 Å². The molecule has 114 valence electrons. The van der Waals surface area contributed by atoms with Crippen LogP contribution in [-0.2, 0) is 0 Å². The Balaban J connectivity index is 2.26. The van der Waals surface area contributed by atoms with Crippen molar-refractivity contribution in [2.24, 2.45) is 0 Å². The maximum Gasteiger partial charge on any atom is 0.295 e. The molecule has 0 spiro atoms. The number of nitro groups is 1. The van der Waals surface area contributed by atoms with Crippen molar-refractivity contribution < 1.29 is 14.1 Å². The van der Waals surface area contributed by atoms with Crippen LogP contribution in [0.3, 0.4) is 0 Å². The van der Waals surface area contributed by atoms with Gasteiger partial charge in [-0.25, -0.2) is 4.39 Å². The highest BCUT2D eigenvalue weighted by Gasteiger charge is 2.27. The lowest BCUT2D eigenvalue weighted by molar-refractivity contribution is -0.384. The SMILES string of the molecule is CNC1CCN(C(=O)c2cc(F)cc([N+](=O)[O-])c2N)CC1. The first kappa shape index (κ1) is 15.2. The zero-order valence-electron chi connectivity index (χ0n) is 11.6. The standard InChI is InChI=1S/C13H17FN4O3/c1-16-9-2-4-17(5-3-9)13(19)10-6-8(14)7-11(12(10)15)18(20)21/h6-7,9,16H,2-5,15H2,1H3. The Morgan fingerprint density at radius 1 is 1.48 bits per heavy atom. The van der Waals surface area contributed by atoms with Gasteiger partial charge in [0.1, 0.15) is 11.5 Å². The van der Waals surface area contributed by atoms with E-state index in [0.717, 1.165) is 25.0 Å². The second-order valence-electron chi connectivity index (χ2n) is 5.00. The number of hydrogen-bond acceptors (Lipinski definition) is 5. The first-order valence-electron chi connectivity index (χ1n) is 6.64. The van der Waals surface area contributed by atoms with Crippen molar-refractivity contribution in [1.82, 2.24) is 10.2 Å². The molecule has 1 saturated heterocycles. The molecule has 0 aromatic heterocycles. The van der Waals surface area contributed by atoms with E-state index in [4.69, 9.17) is 5.73 Å². The van der Waals surface area contributed by atoms with Gasteiger partial charge in [-0.1, -0.05) is 0 Å². The van der Waals surface area contributed by atoms with Crippen LogP contribution in [0.15, 0.2) is 12.1 Å². The number of nitrogen functional groups attached to an aromatic ring is 1. The van der Waals surface area contributed by atoms with Crippen LogP contribution in [-0.4, -0.2) is 41.9 Å². The van der Waals surface area contributed by atoms with E-state index in [1.165, 1.54) is 0 Å². The minimum absolute atomic E-state index is 0.149. The van der Waals surface area contributed by atoms with Crippen LogP contribution in [0, 0.1) is 15.9 Å². The maximum absolute atomic E-state index is 13.5. The number of amides is 1. The topological polar surface area (TPSA) is 102 Å². The van der Waals surface area contributed by atoms with E-state index in [9.17, 15) is 19.3 Å². The molecule has 0 radical (unpaired) electrons. The second kappa shape index (κ2) is 6.04. The zero-order chi connectivity index (χ0) is 15.6. The number of rotatable bonds is 3. The van der Waals surface area contributed by atoms with E-state index in [1.54, 1.807) is 4.90 Å². The third-order valence-corrected chi connectivity index (χ3v) is 3.74. The van der Waals surface area contributed by atoms with Crippen LogP contribution < -0.4 is 11.1 Å². The van der Waals surface area contributed by atoms with Gasteiger partial charge in [0.15, 0.2) is 0 Å². The summed E-state index contributed by atoms with van der Waals surface area (Å²) in [4.78, 5) is 24.0. The molecule has 1 heterocycles. The minimum atomic E-state index is -0.843. The third kappa shape index (κ3) is 3.10. The van der Waals surface area contributed by atoms with Gasteiger partial charge < -0.3 is 16.0 Å².